The first-order valence-electron chi connectivity index (χ1n) is 8.96. The van der Waals surface area contributed by atoms with Gasteiger partial charge in [0.15, 0.2) is 17.3 Å². The maximum atomic E-state index is 12.6. The number of aryl methyl sites for hydroxylation is 1. The molecule has 1 N–H and O–H groups in total. The van der Waals surface area contributed by atoms with Gasteiger partial charge in [-0.25, -0.2) is 5.43 Å². The Morgan fingerprint density at radius 3 is 2.62 bits per heavy atom. The summed E-state index contributed by atoms with van der Waals surface area (Å²) in [5.41, 5.74) is 2.72. The molecule has 0 aliphatic carbocycles. The van der Waals surface area contributed by atoms with E-state index in [0.29, 0.717) is 11.1 Å². The monoisotopic (exact) mass is 459 g/mol. The van der Waals surface area contributed by atoms with Crippen LogP contribution in [0.5, 0.6) is 11.5 Å². The molecule has 12 heteroatoms. The van der Waals surface area contributed by atoms with Gasteiger partial charge >= 0.3 is 16.0 Å². The van der Waals surface area contributed by atoms with Crippen LogP contribution in [0.15, 0.2) is 69.2 Å². The normalized spacial score (nSPS) is 11.3. The molecule has 0 radical (unpaired) electrons. The third kappa shape index (κ3) is 5.10. The van der Waals surface area contributed by atoms with Crippen molar-refractivity contribution in [1.29, 1.82) is 0 Å². The first-order valence-corrected chi connectivity index (χ1v) is 10.4. The second-order valence-electron chi connectivity index (χ2n) is 6.33. The third-order valence-electron chi connectivity index (χ3n) is 4.18. The van der Waals surface area contributed by atoms with Crippen LogP contribution >= 0.6 is 0 Å². The Balaban J connectivity index is 1.78. The Kier molecular flexibility index (Phi) is 6.54. The van der Waals surface area contributed by atoms with Crippen LogP contribution in [0, 0.1) is 17.0 Å². The number of amides is 1. The number of nitro benzene ring substituents is 1. The Morgan fingerprint density at radius 2 is 1.97 bits per heavy atom. The van der Waals surface area contributed by atoms with Crippen molar-refractivity contribution in [1.82, 2.24) is 5.43 Å². The van der Waals surface area contributed by atoms with Crippen LogP contribution in [0.3, 0.4) is 0 Å². The minimum absolute atomic E-state index is 0.0662. The van der Waals surface area contributed by atoms with E-state index in [1.54, 1.807) is 6.07 Å². The molecule has 2 aromatic carbocycles. The molecule has 0 unspecified atom stereocenters. The van der Waals surface area contributed by atoms with E-state index in [2.05, 4.69) is 10.5 Å². The number of nitro groups is 1. The first kappa shape index (κ1) is 22.5. The van der Waals surface area contributed by atoms with Crippen LogP contribution in [0.4, 0.5) is 5.69 Å². The highest BCUT2D eigenvalue weighted by atomic mass is 32.2. The average molecular weight is 459 g/mol. The van der Waals surface area contributed by atoms with Crippen molar-refractivity contribution in [2.24, 2.45) is 5.10 Å². The van der Waals surface area contributed by atoms with Crippen LogP contribution in [-0.4, -0.2) is 32.6 Å². The topological polar surface area (TPSA) is 150 Å². The number of hydrazone groups is 1. The predicted molar refractivity (Wildman–Crippen MR) is 112 cm³/mol. The van der Waals surface area contributed by atoms with Gasteiger partial charge in [0.2, 0.25) is 0 Å². The van der Waals surface area contributed by atoms with Gasteiger partial charge in [-0.2, -0.15) is 13.5 Å². The molecule has 0 saturated carbocycles. The largest absolute Gasteiger partial charge is 0.493 e. The van der Waals surface area contributed by atoms with Gasteiger partial charge in [0.25, 0.3) is 5.69 Å². The SMILES string of the molecule is COc1cc(/C=N/NC(=O)c2ccco2)ccc1OS(=O)(=O)c1ccc(C)c([N+](=O)[O-])c1. The van der Waals surface area contributed by atoms with E-state index in [1.165, 1.54) is 62.9 Å². The fourth-order valence-electron chi connectivity index (χ4n) is 2.57. The molecule has 3 aromatic rings. The van der Waals surface area contributed by atoms with E-state index < -0.39 is 20.9 Å². The summed E-state index contributed by atoms with van der Waals surface area (Å²) >= 11 is 0. The molecular weight excluding hydrogens is 442 g/mol. The van der Waals surface area contributed by atoms with Crippen LogP contribution in [-0.2, 0) is 10.1 Å². The molecule has 1 heterocycles. The highest BCUT2D eigenvalue weighted by Gasteiger charge is 2.23. The lowest BCUT2D eigenvalue weighted by atomic mass is 10.2. The molecule has 0 atom stereocenters. The number of methoxy groups -OCH3 is 1. The van der Waals surface area contributed by atoms with Crippen molar-refractivity contribution >= 4 is 27.9 Å². The van der Waals surface area contributed by atoms with Gasteiger partial charge in [-0.05, 0) is 48.9 Å². The zero-order valence-electron chi connectivity index (χ0n) is 16.8. The number of carbonyl (C=O) groups excluding carboxylic acids is 1. The van der Waals surface area contributed by atoms with Crippen molar-refractivity contribution in [2.45, 2.75) is 11.8 Å². The highest BCUT2D eigenvalue weighted by Crippen LogP contribution is 2.31. The molecule has 32 heavy (non-hydrogen) atoms. The summed E-state index contributed by atoms with van der Waals surface area (Å²) in [4.78, 5) is 21.8. The lowest BCUT2D eigenvalue weighted by Crippen LogP contribution is -2.16. The van der Waals surface area contributed by atoms with E-state index in [4.69, 9.17) is 13.3 Å². The molecule has 1 amide bonds. The minimum atomic E-state index is -4.37. The van der Waals surface area contributed by atoms with E-state index in [0.717, 1.165) is 6.07 Å². The Morgan fingerprint density at radius 1 is 1.19 bits per heavy atom. The lowest BCUT2D eigenvalue weighted by molar-refractivity contribution is -0.385. The standard InChI is InChI=1S/C20H17N3O8S/c1-13-5-7-15(11-16(13)23(25)26)32(27,28)31-17-8-6-14(10-19(17)29-2)12-21-22-20(24)18-4-3-9-30-18/h3-12H,1-2H3,(H,22,24)/b21-12+. The Labute approximate surface area is 182 Å². The number of carbonyl (C=O) groups is 1. The maximum absolute atomic E-state index is 12.6. The molecule has 11 nitrogen and oxygen atoms in total. The van der Waals surface area contributed by atoms with Crippen molar-refractivity contribution in [3.8, 4) is 11.5 Å². The molecule has 1 aromatic heterocycles. The zero-order valence-corrected chi connectivity index (χ0v) is 17.7. The van der Waals surface area contributed by atoms with Crippen molar-refractivity contribution in [3.05, 3.63) is 81.8 Å². The second kappa shape index (κ2) is 9.31. The van der Waals surface area contributed by atoms with Crippen molar-refractivity contribution in [3.63, 3.8) is 0 Å². The quantitative estimate of drug-likeness (QED) is 0.234. The zero-order chi connectivity index (χ0) is 23.3. The first-order chi connectivity index (χ1) is 15.2. The molecule has 0 aliphatic heterocycles. The van der Waals surface area contributed by atoms with Crippen molar-refractivity contribution in [2.75, 3.05) is 7.11 Å². The molecular formula is C20H17N3O8S. The highest BCUT2D eigenvalue weighted by molar-refractivity contribution is 7.87. The van der Waals surface area contributed by atoms with Gasteiger partial charge in [0, 0.05) is 11.6 Å². The number of rotatable bonds is 8. The van der Waals surface area contributed by atoms with Gasteiger partial charge in [0.05, 0.1) is 24.5 Å². The average Bonchev–Trinajstić information content (AvgIpc) is 3.29. The van der Waals surface area contributed by atoms with E-state index in [9.17, 15) is 23.3 Å². The van der Waals surface area contributed by atoms with Gasteiger partial charge in [-0.3, -0.25) is 14.9 Å². The summed E-state index contributed by atoms with van der Waals surface area (Å²) in [6.07, 6.45) is 2.66. The van der Waals surface area contributed by atoms with Crippen molar-refractivity contribution < 1.29 is 31.5 Å². The van der Waals surface area contributed by atoms with E-state index in [1.807, 2.05) is 0 Å². The second-order valence-corrected chi connectivity index (χ2v) is 7.88. The van der Waals surface area contributed by atoms with E-state index >= 15 is 0 Å². The fourth-order valence-corrected chi connectivity index (χ4v) is 3.53. The summed E-state index contributed by atoms with van der Waals surface area (Å²) < 4.78 is 40.5. The van der Waals surface area contributed by atoms with Crippen LogP contribution < -0.4 is 14.3 Å². The Bertz CT molecular complexity index is 1280. The van der Waals surface area contributed by atoms with Gasteiger partial charge in [0.1, 0.15) is 4.90 Å². The van der Waals surface area contributed by atoms with Crippen LogP contribution in [0.2, 0.25) is 0 Å². The summed E-state index contributed by atoms with van der Waals surface area (Å²) in [5, 5.41) is 14.9. The van der Waals surface area contributed by atoms with Crippen LogP contribution in [0.25, 0.3) is 0 Å². The molecule has 3 rings (SSSR count). The summed E-state index contributed by atoms with van der Waals surface area (Å²) in [6, 6.07) is 10.7. The number of nitrogens with one attached hydrogen (secondary N) is 1. The van der Waals surface area contributed by atoms with Gasteiger partial charge < -0.3 is 13.3 Å². The molecule has 0 spiro atoms. The molecule has 0 fully saturated rings. The number of hydrogen-bond acceptors (Lipinski definition) is 9. The van der Waals surface area contributed by atoms with Gasteiger partial charge in [-0.15, -0.1) is 0 Å². The number of hydrogen-bond donors (Lipinski definition) is 1. The third-order valence-corrected chi connectivity index (χ3v) is 5.41. The fraction of sp³-hybridized carbons (Fsp3) is 0.100. The number of ether oxygens (including phenoxy) is 1. The maximum Gasteiger partial charge on any atom is 0.339 e. The summed E-state index contributed by atoms with van der Waals surface area (Å²) in [5.74, 6) is -0.523. The van der Waals surface area contributed by atoms with E-state index in [-0.39, 0.29) is 27.8 Å². The minimum Gasteiger partial charge on any atom is -0.493 e. The van der Waals surface area contributed by atoms with Gasteiger partial charge in [-0.1, -0.05) is 6.07 Å². The molecule has 0 saturated heterocycles. The summed E-state index contributed by atoms with van der Waals surface area (Å²) in [6.45, 7) is 1.50. The van der Waals surface area contributed by atoms with Crippen LogP contribution in [0.1, 0.15) is 21.7 Å². The number of furan rings is 1. The predicted octanol–water partition coefficient (Wildman–Crippen LogP) is 3.04. The molecule has 0 bridgehead atoms. The number of nitrogens with zero attached hydrogens (tertiary/aromatic N) is 2. The number of benzene rings is 2. The summed E-state index contributed by atoms with van der Waals surface area (Å²) in [7, 11) is -3.06. The molecule has 0 aliphatic rings. The lowest BCUT2D eigenvalue weighted by Gasteiger charge is -2.11. The smallest absolute Gasteiger partial charge is 0.339 e. The Hall–Kier alpha value is -4.19. The molecule has 166 valence electrons.